The summed E-state index contributed by atoms with van der Waals surface area (Å²) >= 11 is 2.05. The predicted octanol–water partition coefficient (Wildman–Crippen LogP) is 3.41. The van der Waals surface area contributed by atoms with E-state index in [1.54, 1.807) is 0 Å². The molecule has 1 N–H and O–H groups in total. The van der Waals surface area contributed by atoms with Crippen LogP contribution in [0.15, 0.2) is 30.3 Å². The lowest BCUT2D eigenvalue weighted by molar-refractivity contribution is 0.121. The molecule has 0 bridgehead atoms. The molecule has 1 aromatic carbocycles. The summed E-state index contributed by atoms with van der Waals surface area (Å²) < 4.78 is 0. The van der Waals surface area contributed by atoms with Crippen LogP contribution < -0.4 is 5.32 Å². The second kappa shape index (κ2) is 8.06. The zero-order valence-corrected chi connectivity index (χ0v) is 13.8. The molecule has 1 aliphatic heterocycles. The average Bonchev–Trinajstić information content (AvgIpc) is 2.48. The lowest BCUT2D eigenvalue weighted by Crippen LogP contribution is -2.54. The number of piperazine rings is 1. The van der Waals surface area contributed by atoms with Crippen molar-refractivity contribution in [3.63, 3.8) is 0 Å². The van der Waals surface area contributed by atoms with Crippen LogP contribution in [0.1, 0.15) is 32.4 Å². The minimum Gasteiger partial charge on any atom is -0.311 e. The van der Waals surface area contributed by atoms with E-state index in [4.69, 9.17) is 0 Å². The summed E-state index contributed by atoms with van der Waals surface area (Å²) in [4.78, 5) is 2.68. The zero-order valence-electron chi connectivity index (χ0n) is 13.0. The molecule has 112 valence electrons. The minimum absolute atomic E-state index is 0.531. The van der Waals surface area contributed by atoms with Crippen LogP contribution in [0.2, 0.25) is 0 Å². The third-order valence-electron chi connectivity index (χ3n) is 4.16. The third-order valence-corrected chi connectivity index (χ3v) is 5.04. The number of thioether (sulfide) groups is 1. The summed E-state index contributed by atoms with van der Waals surface area (Å²) in [5, 5.41) is 3.74. The van der Waals surface area contributed by atoms with E-state index in [0.717, 1.165) is 6.54 Å². The maximum absolute atomic E-state index is 3.74. The van der Waals surface area contributed by atoms with Crippen LogP contribution in [0, 0.1) is 5.92 Å². The van der Waals surface area contributed by atoms with Crippen molar-refractivity contribution in [3.8, 4) is 0 Å². The lowest BCUT2D eigenvalue weighted by atomic mass is 9.96. The van der Waals surface area contributed by atoms with Gasteiger partial charge in [-0.1, -0.05) is 51.1 Å². The van der Waals surface area contributed by atoms with Crippen LogP contribution in [0.5, 0.6) is 0 Å². The number of hydrogen-bond acceptors (Lipinski definition) is 3. The summed E-state index contributed by atoms with van der Waals surface area (Å²) in [6.07, 6.45) is 0. The summed E-state index contributed by atoms with van der Waals surface area (Å²) in [5.74, 6) is 3.16. The van der Waals surface area contributed by atoms with Crippen molar-refractivity contribution in [2.75, 3.05) is 31.1 Å². The van der Waals surface area contributed by atoms with Crippen molar-refractivity contribution in [1.82, 2.24) is 10.2 Å². The number of hydrogen-bond donors (Lipinski definition) is 1. The molecule has 0 aromatic heterocycles. The number of benzene rings is 1. The summed E-state index contributed by atoms with van der Waals surface area (Å²) in [6.45, 7) is 10.3. The molecule has 2 atom stereocenters. The van der Waals surface area contributed by atoms with Gasteiger partial charge in [-0.25, -0.2) is 0 Å². The van der Waals surface area contributed by atoms with Gasteiger partial charge in [0.15, 0.2) is 0 Å². The van der Waals surface area contributed by atoms with Crippen molar-refractivity contribution >= 4 is 11.8 Å². The van der Waals surface area contributed by atoms with Gasteiger partial charge in [-0.2, -0.15) is 11.8 Å². The van der Waals surface area contributed by atoms with E-state index < -0.39 is 0 Å². The Morgan fingerprint density at radius 1 is 1.30 bits per heavy atom. The molecule has 1 fully saturated rings. The highest BCUT2D eigenvalue weighted by molar-refractivity contribution is 7.99. The molecule has 0 aliphatic carbocycles. The van der Waals surface area contributed by atoms with Gasteiger partial charge in [0.25, 0.3) is 0 Å². The molecule has 3 heteroatoms. The number of nitrogens with one attached hydrogen (secondary N) is 1. The molecule has 0 spiro atoms. The summed E-state index contributed by atoms with van der Waals surface area (Å²) in [5.41, 5.74) is 1.45. The fourth-order valence-electron chi connectivity index (χ4n) is 2.86. The molecule has 1 aliphatic rings. The molecule has 0 saturated carbocycles. The lowest BCUT2D eigenvalue weighted by Gasteiger charge is -2.42. The molecule has 1 heterocycles. The summed E-state index contributed by atoms with van der Waals surface area (Å²) in [6, 6.07) is 12.1. The van der Waals surface area contributed by atoms with E-state index >= 15 is 0 Å². The number of rotatable bonds is 6. The first-order valence-electron chi connectivity index (χ1n) is 7.82. The third kappa shape index (κ3) is 4.24. The fraction of sp³-hybridized carbons (Fsp3) is 0.647. The largest absolute Gasteiger partial charge is 0.311 e. The van der Waals surface area contributed by atoms with Gasteiger partial charge in [0.1, 0.15) is 0 Å². The van der Waals surface area contributed by atoms with Crippen molar-refractivity contribution in [2.24, 2.45) is 5.92 Å². The molecule has 0 amide bonds. The molecular formula is C17H28N2S. The van der Waals surface area contributed by atoms with Crippen molar-refractivity contribution < 1.29 is 0 Å². The maximum Gasteiger partial charge on any atom is 0.0473 e. The Morgan fingerprint density at radius 2 is 2.05 bits per heavy atom. The Balaban J connectivity index is 2.04. The second-order valence-electron chi connectivity index (χ2n) is 5.88. The Kier molecular flexibility index (Phi) is 6.40. The maximum atomic E-state index is 3.74. The van der Waals surface area contributed by atoms with Gasteiger partial charge in [-0.3, -0.25) is 4.90 Å². The van der Waals surface area contributed by atoms with E-state index in [1.165, 1.54) is 30.2 Å². The van der Waals surface area contributed by atoms with E-state index in [1.807, 2.05) is 11.8 Å². The standard InChI is InChI=1S/C17H28N2S/c1-4-20-11-10-19-13-16(14(2)3)18-12-17(19)15-8-6-5-7-9-15/h5-9,14,16-18H,4,10-13H2,1-3H3. The second-order valence-corrected chi connectivity index (χ2v) is 7.27. The predicted molar refractivity (Wildman–Crippen MR) is 90.4 cm³/mol. The molecule has 2 unspecified atom stereocenters. The number of nitrogens with zero attached hydrogens (tertiary/aromatic N) is 1. The summed E-state index contributed by atoms with van der Waals surface area (Å²) in [7, 11) is 0. The molecule has 1 saturated heterocycles. The highest BCUT2D eigenvalue weighted by atomic mass is 32.2. The van der Waals surface area contributed by atoms with Gasteiger partial charge in [-0.15, -0.1) is 0 Å². The van der Waals surface area contributed by atoms with Gasteiger partial charge in [0.05, 0.1) is 0 Å². The van der Waals surface area contributed by atoms with Gasteiger partial charge >= 0.3 is 0 Å². The Labute approximate surface area is 128 Å². The van der Waals surface area contributed by atoms with E-state index in [-0.39, 0.29) is 0 Å². The quantitative estimate of drug-likeness (QED) is 0.809. The Bertz CT molecular complexity index is 380. The van der Waals surface area contributed by atoms with Gasteiger partial charge < -0.3 is 5.32 Å². The van der Waals surface area contributed by atoms with Gasteiger partial charge in [0.2, 0.25) is 0 Å². The van der Waals surface area contributed by atoms with Crippen LogP contribution in [0.25, 0.3) is 0 Å². The van der Waals surface area contributed by atoms with Crippen LogP contribution in [-0.4, -0.2) is 42.1 Å². The van der Waals surface area contributed by atoms with Crippen LogP contribution >= 0.6 is 11.8 Å². The van der Waals surface area contributed by atoms with Crippen molar-refractivity contribution in [3.05, 3.63) is 35.9 Å². The first-order chi connectivity index (χ1) is 9.72. The monoisotopic (exact) mass is 292 g/mol. The van der Waals surface area contributed by atoms with Gasteiger partial charge in [-0.05, 0) is 17.2 Å². The van der Waals surface area contributed by atoms with Gasteiger partial charge in [0, 0.05) is 37.5 Å². The molecule has 2 nitrogen and oxygen atoms in total. The average molecular weight is 292 g/mol. The Hall–Kier alpha value is -0.510. The smallest absolute Gasteiger partial charge is 0.0473 e. The fourth-order valence-corrected chi connectivity index (χ4v) is 3.51. The molecule has 2 rings (SSSR count). The molecule has 20 heavy (non-hydrogen) atoms. The van der Waals surface area contributed by atoms with E-state index in [0.29, 0.717) is 18.0 Å². The van der Waals surface area contributed by atoms with Crippen LogP contribution in [0.3, 0.4) is 0 Å². The van der Waals surface area contributed by atoms with E-state index in [2.05, 4.69) is 61.3 Å². The zero-order chi connectivity index (χ0) is 14.4. The minimum atomic E-state index is 0.531. The first kappa shape index (κ1) is 15.9. The molecule has 1 aromatic rings. The van der Waals surface area contributed by atoms with E-state index in [9.17, 15) is 0 Å². The Morgan fingerprint density at radius 3 is 2.70 bits per heavy atom. The SMILES string of the molecule is CCSCCN1CC(C(C)C)NCC1c1ccccc1. The normalized spacial score (nSPS) is 24.2. The van der Waals surface area contributed by atoms with Crippen molar-refractivity contribution in [1.29, 1.82) is 0 Å². The molecular weight excluding hydrogens is 264 g/mol. The van der Waals surface area contributed by atoms with Crippen molar-refractivity contribution in [2.45, 2.75) is 32.9 Å². The topological polar surface area (TPSA) is 15.3 Å². The van der Waals surface area contributed by atoms with Crippen LogP contribution in [-0.2, 0) is 0 Å². The highest BCUT2D eigenvalue weighted by Gasteiger charge is 2.29. The molecule has 0 radical (unpaired) electrons. The first-order valence-corrected chi connectivity index (χ1v) is 8.98. The highest BCUT2D eigenvalue weighted by Crippen LogP contribution is 2.25. The van der Waals surface area contributed by atoms with Crippen LogP contribution in [0.4, 0.5) is 0 Å².